The normalized spacial score (nSPS) is 18.7. The van der Waals surface area contributed by atoms with Crippen molar-refractivity contribution < 1.29 is 14.2 Å². The summed E-state index contributed by atoms with van der Waals surface area (Å²) in [4.78, 5) is 11.5. The van der Waals surface area contributed by atoms with E-state index in [1.807, 2.05) is 44.2 Å². The number of benzene rings is 1. The van der Waals surface area contributed by atoms with E-state index >= 15 is 0 Å². The molecule has 2 aliphatic rings. The number of anilines is 3. The highest BCUT2D eigenvalue weighted by molar-refractivity contribution is 5.56. The second-order valence-corrected chi connectivity index (χ2v) is 6.87. The number of nitrogens with one attached hydrogen (secondary N) is 1. The number of ether oxygens (including phenoxy) is 3. The van der Waals surface area contributed by atoms with Gasteiger partial charge in [-0.15, -0.1) is 0 Å². The largest absolute Gasteiger partial charge is 0.494 e. The highest BCUT2D eigenvalue weighted by Gasteiger charge is 2.40. The van der Waals surface area contributed by atoms with E-state index in [1.54, 1.807) is 0 Å². The molecule has 3 heterocycles. The standard InChI is InChI=1S/C20H26N4O3/c1-3-25-17-6-4-16(5-7-17)22-19-21-15(2)14-18(23-19)24-10-8-20(9-11-24)26-12-13-27-20/h4-7,14H,3,8-13H2,1-2H3,(H,21,22,23). The minimum atomic E-state index is -0.373. The lowest BCUT2D eigenvalue weighted by Crippen LogP contribution is -2.45. The molecule has 1 aromatic heterocycles. The summed E-state index contributed by atoms with van der Waals surface area (Å²) in [5, 5.41) is 3.29. The van der Waals surface area contributed by atoms with E-state index in [0.717, 1.165) is 48.9 Å². The van der Waals surface area contributed by atoms with Crippen molar-refractivity contribution in [2.45, 2.75) is 32.5 Å². The molecular weight excluding hydrogens is 344 g/mol. The predicted octanol–water partition coefficient (Wildman–Crippen LogP) is 3.27. The third-order valence-corrected chi connectivity index (χ3v) is 4.92. The van der Waals surface area contributed by atoms with Crippen LogP contribution in [0.5, 0.6) is 5.75 Å². The van der Waals surface area contributed by atoms with Crippen LogP contribution in [-0.2, 0) is 9.47 Å². The smallest absolute Gasteiger partial charge is 0.229 e. The summed E-state index contributed by atoms with van der Waals surface area (Å²) in [6.07, 6.45) is 1.72. The fourth-order valence-electron chi connectivity index (χ4n) is 3.56. The number of aromatic nitrogens is 2. The maximum absolute atomic E-state index is 5.81. The minimum absolute atomic E-state index is 0.373. The van der Waals surface area contributed by atoms with Crippen molar-refractivity contribution in [2.75, 3.05) is 43.1 Å². The van der Waals surface area contributed by atoms with Crippen LogP contribution in [0.25, 0.3) is 0 Å². The van der Waals surface area contributed by atoms with E-state index in [1.165, 1.54) is 0 Å². The molecule has 4 rings (SSSR count). The third kappa shape index (κ3) is 4.14. The monoisotopic (exact) mass is 370 g/mol. The van der Waals surface area contributed by atoms with Gasteiger partial charge in [-0.05, 0) is 38.1 Å². The summed E-state index contributed by atoms with van der Waals surface area (Å²) < 4.78 is 17.1. The van der Waals surface area contributed by atoms with Gasteiger partial charge in [-0.2, -0.15) is 4.98 Å². The summed E-state index contributed by atoms with van der Waals surface area (Å²) in [5.74, 6) is 2.01. The molecule has 1 spiro atoms. The molecule has 0 radical (unpaired) electrons. The molecule has 1 N–H and O–H groups in total. The number of nitrogens with zero attached hydrogens (tertiary/aromatic N) is 3. The molecule has 2 aromatic rings. The van der Waals surface area contributed by atoms with Crippen molar-refractivity contribution in [1.82, 2.24) is 9.97 Å². The molecule has 0 saturated carbocycles. The Morgan fingerprint density at radius 1 is 1.11 bits per heavy atom. The molecule has 7 nitrogen and oxygen atoms in total. The van der Waals surface area contributed by atoms with E-state index in [2.05, 4.69) is 15.2 Å². The Bertz CT molecular complexity index is 765. The van der Waals surface area contributed by atoms with Crippen molar-refractivity contribution in [3.05, 3.63) is 36.0 Å². The number of hydrogen-bond acceptors (Lipinski definition) is 7. The van der Waals surface area contributed by atoms with Crippen LogP contribution in [-0.4, -0.2) is 48.7 Å². The molecule has 27 heavy (non-hydrogen) atoms. The Labute approximate surface area is 159 Å². The van der Waals surface area contributed by atoms with Crippen LogP contribution < -0.4 is 15.0 Å². The van der Waals surface area contributed by atoms with Gasteiger partial charge in [-0.3, -0.25) is 0 Å². The van der Waals surface area contributed by atoms with Gasteiger partial charge in [0.05, 0.1) is 19.8 Å². The van der Waals surface area contributed by atoms with Crippen LogP contribution in [0.3, 0.4) is 0 Å². The molecule has 2 aliphatic heterocycles. The molecule has 144 valence electrons. The van der Waals surface area contributed by atoms with Crippen molar-refractivity contribution in [3.63, 3.8) is 0 Å². The number of piperidine rings is 1. The molecule has 2 saturated heterocycles. The SMILES string of the molecule is CCOc1ccc(Nc2nc(C)cc(N3CCC4(CC3)OCCO4)n2)cc1. The first-order chi connectivity index (χ1) is 13.2. The summed E-state index contributed by atoms with van der Waals surface area (Å²) >= 11 is 0. The minimum Gasteiger partial charge on any atom is -0.494 e. The topological polar surface area (TPSA) is 68.7 Å². The van der Waals surface area contributed by atoms with Crippen LogP contribution in [0.4, 0.5) is 17.5 Å². The average molecular weight is 370 g/mol. The highest BCUT2D eigenvalue weighted by Crippen LogP contribution is 2.33. The Kier molecular flexibility index (Phi) is 5.13. The lowest BCUT2D eigenvalue weighted by Gasteiger charge is -2.38. The molecule has 0 unspecified atom stereocenters. The third-order valence-electron chi connectivity index (χ3n) is 4.92. The van der Waals surface area contributed by atoms with Crippen LogP contribution in [0.1, 0.15) is 25.5 Å². The zero-order valence-electron chi connectivity index (χ0n) is 15.9. The zero-order valence-corrected chi connectivity index (χ0v) is 15.9. The lowest BCUT2D eigenvalue weighted by molar-refractivity contribution is -0.169. The van der Waals surface area contributed by atoms with Crippen LogP contribution in [0.2, 0.25) is 0 Å². The van der Waals surface area contributed by atoms with Gasteiger partial charge in [0.25, 0.3) is 0 Å². The van der Waals surface area contributed by atoms with E-state index in [4.69, 9.17) is 19.2 Å². The molecule has 1 aromatic carbocycles. The van der Waals surface area contributed by atoms with Gasteiger partial charge in [-0.1, -0.05) is 0 Å². The molecular formula is C20H26N4O3. The summed E-state index contributed by atoms with van der Waals surface area (Å²) in [6, 6.07) is 9.84. The van der Waals surface area contributed by atoms with Gasteiger partial charge >= 0.3 is 0 Å². The fraction of sp³-hybridized carbons (Fsp3) is 0.500. The van der Waals surface area contributed by atoms with Gasteiger partial charge in [0.15, 0.2) is 5.79 Å². The van der Waals surface area contributed by atoms with Gasteiger partial charge in [0.2, 0.25) is 5.95 Å². The van der Waals surface area contributed by atoms with Gasteiger partial charge in [-0.25, -0.2) is 4.98 Å². The molecule has 0 atom stereocenters. The fourth-order valence-corrected chi connectivity index (χ4v) is 3.56. The van der Waals surface area contributed by atoms with Crippen LogP contribution in [0, 0.1) is 6.92 Å². The van der Waals surface area contributed by atoms with E-state index in [9.17, 15) is 0 Å². The second-order valence-electron chi connectivity index (χ2n) is 6.87. The Morgan fingerprint density at radius 3 is 2.48 bits per heavy atom. The first-order valence-electron chi connectivity index (χ1n) is 9.54. The molecule has 2 fully saturated rings. The van der Waals surface area contributed by atoms with E-state index in [-0.39, 0.29) is 5.79 Å². The van der Waals surface area contributed by atoms with Crippen molar-refractivity contribution in [1.29, 1.82) is 0 Å². The zero-order chi connectivity index (χ0) is 18.7. The Hall–Kier alpha value is -2.38. The van der Waals surface area contributed by atoms with Crippen LogP contribution in [0.15, 0.2) is 30.3 Å². The predicted molar refractivity (Wildman–Crippen MR) is 104 cm³/mol. The maximum Gasteiger partial charge on any atom is 0.229 e. The van der Waals surface area contributed by atoms with Gasteiger partial charge < -0.3 is 24.4 Å². The average Bonchev–Trinajstić information content (AvgIpc) is 3.12. The molecule has 0 amide bonds. The summed E-state index contributed by atoms with van der Waals surface area (Å²) in [6.45, 7) is 7.73. The molecule has 7 heteroatoms. The van der Waals surface area contributed by atoms with Crippen molar-refractivity contribution in [3.8, 4) is 5.75 Å². The van der Waals surface area contributed by atoms with Crippen molar-refractivity contribution >= 4 is 17.5 Å². The first kappa shape index (κ1) is 18.0. The molecule has 0 bridgehead atoms. The van der Waals surface area contributed by atoms with E-state index in [0.29, 0.717) is 25.8 Å². The maximum atomic E-state index is 5.81. The van der Waals surface area contributed by atoms with Gasteiger partial charge in [0, 0.05) is 43.4 Å². The van der Waals surface area contributed by atoms with Gasteiger partial charge in [0.1, 0.15) is 11.6 Å². The Balaban J connectivity index is 1.45. The van der Waals surface area contributed by atoms with E-state index < -0.39 is 0 Å². The van der Waals surface area contributed by atoms with Crippen LogP contribution >= 0.6 is 0 Å². The number of hydrogen-bond donors (Lipinski definition) is 1. The Morgan fingerprint density at radius 2 is 1.81 bits per heavy atom. The summed E-state index contributed by atoms with van der Waals surface area (Å²) in [7, 11) is 0. The second kappa shape index (κ2) is 7.70. The van der Waals surface area contributed by atoms with Crippen molar-refractivity contribution in [2.24, 2.45) is 0 Å². The quantitative estimate of drug-likeness (QED) is 0.866. The summed E-state index contributed by atoms with van der Waals surface area (Å²) in [5.41, 5.74) is 1.86. The lowest BCUT2D eigenvalue weighted by atomic mass is 10.0. The highest BCUT2D eigenvalue weighted by atomic mass is 16.7. The number of aryl methyl sites for hydroxylation is 1. The number of rotatable bonds is 5. The molecule has 0 aliphatic carbocycles. The first-order valence-corrected chi connectivity index (χ1v) is 9.54.